The number of nitro benzene ring substituents is 1. The van der Waals surface area contributed by atoms with Crippen LogP contribution in [-0.4, -0.2) is 15.4 Å². The molecule has 3 rings (SSSR count). The molecule has 0 saturated heterocycles. The molecule has 128 valence electrons. The first-order valence-corrected chi connectivity index (χ1v) is 8.80. The minimum atomic E-state index is -0.631. The molecule has 0 aliphatic carbocycles. The molecule has 0 aliphatic heterocycles. The third kappa shape index (κ3) is 3.44. The van der Waals surface area contributed by atoms with Gasteiger partial charge in [0.2, 0.25) is 0 Å². The molecule has 25 heavy (non-hydrogen) atoms. The Kier molecular flexibility index (Phi) is 4.89. The maximum atomic E-state index is 12.5. The summed E-state index contributed by atoms with van der Waals surface area (Å²) in [6, 6.07) is 9.13. The van der Waals surface area contributed by atoms with Crippen molar-refractivity contribution in [1.82, 2.24) is 4.57 Å². The number of thiazole rings is 1. The predicted molar refractivity (Wildman–Crippen MR) is 98.5 cm³/mol. The number of carbonyl (C=O) groups excluding carboxylic acids is 1. The molecule has 9 heteroatoms. The fraction of sp³-hybridized carbons (Fsp3) is 0.125. The molecular formula is C16H11Cl2N3O3S. The molecule has 1 amide bonds. The average Bonchev–Trinajstić information content (AvgIpc) is 2.90. The maximum Gasteiger partial charge on any atom is 0.281 e. The maximum absolute atomic E-state index is 12.5. The van der Waals surface area contributed by atoms with E-state index >= 15 is 0 Å². The zero-order valence-corrected chi connectivity index (χ0v) is 15.2. The molecule has 0 fully saturated rings. The van der Waals surface area contributed by atoms with Crippen LogP contribution in [0.15, 0.2) is 41.4 Å². The Morgan fingerprint density at radius 1 is 1.28 bits per heavy atom. The highest BCUT2D eigenvalue weighted by Crippen LogP contribution is 2.24. The number of hydrogen-bond donors (Lipinski definition) is 0. The largest absolute Gasteiger partial charge is 0.317 e. The Labute approximate surface area is 156 Å². The van der Waals surface area contributed by atoms with Crippen LogP contribution in [0.3, 0.4) is 0 Å². The van der Waals surface area contributed by atoms with Crippen LogP contribution in [-0.2, 0) is 6.54 Å². The summed E-state index contributed by atoms with van der Waals surface area (Å²) in [6.07, 6.45) is 0. The number of halogens is 2. The summed E-state index contributed by atoms with van der Waals surface area (Å²) in [5, 5.41) is 11.6. The molecule has 0 N–H and O–H groups in total. The number of aryl methyl sites for hydroxylation is 1. The Balaban J connectivity index is 2.15. The van der Waals surface area contributed by atoms with E-state index in [2.05, 4.69) is 4.99 Å². The van der Waals surface area contributed by atoms with Gasteiger partial charge in [-0.05, 0) is 31.2 Å². The van der Waals surface area contributed by atoms with E-state index in [1.54, 1.807) is 12.1 Å². The smallest absolute Gasteiger partial charge is 0.281 e. The summed E-state index contributed by atoms with van der Waals surface area (Å²) in [7, 11) is 0. The van der Waals surface area contributed by atoms with Crippen molar-refractivity contribution in [2.24, 2.45) is 4.99 Å². The van der Waals surface area contributed by atoms with Gasteiger partial charge in [0.15, 0.2) is 4.80 Å². The van der Waals surface area contributed by atoms with E-state index in [4.69, 9.17) is 23.2 Å². The van der Waals surface area contributed by atoms with Gasteiger partial charge >= 0.3 is 0 Å². The van der Waals surface area contributed by atoms with Gasteiger partial charge in [0.05, 0.1) is 25.7 Å². The summed E-state index contributed by atoms with van der Waals surface area (Å²) in [5.74, 6) is -0.631. The number of fused-ring (bicyclic) bond motifs is 1. The lowest BCUT2D eigenvalue weighted by atomic mass is 10.2. The number of amides is 1. The van der Waals surface area contributed by atoms with Crippen LogP contribution < -0.4 is 4.80 Å². The minimum Gasteiger partial charge on any atom is -0.317 e. The minimum absolute atomic E-state index is 0.00555. The highest BCUT2D eigenvalue weighted by Gasteiger charge is 2.16. The van der Waals surface area contributed by atoms with Crippen LogP contribution in [0.25, 0.3) is 10.2 Å². The quantitative estimate of drug-likeness (QED) is 0.477. The van der Waals surface area contributed by atoms with Crippen molar-refractivity contribution in [1.29, 1.82) is 0 Å². The molecule has 0 atom stereocenters. The second kappa shape index (κ2) is 6.95. The van der Waals surface area contributed by atoms with E-state index in [-0.39, 0.29) is 16.3 Å². The van der Waals surface area contributed by atoms with E-state index in [1.807, 2.05) is 17.6 Å². The zero-order chi connectivity index (χ0) is 18.1. The van der Waals surface area contributed by atoms with Gasteiger partial charge in [-0.2, -0.15) is 4.99 Å². The van der Waals surface area contributed by atoms with Crippen LogP contribution in [0.5, 0.6) is 0 Å². The van der Waals surface area contributed by atoms with Crippen molar-refractivity contribution in [3.8, 4) is 0 Å². The van der Waals surface area contributed by atoms with Crippen LogP contribution in [0, 0.1) is 10.1 Å². The normalized spacial score (nSPS) is 11.9. The number of aromatic nitrogens is 1. The van der Waals surface area contributed by atoms with Crippen molar-refractivity contribution >= 4 is 56.3 Å². The van der Waals surface area contributed by atoms with Crippen molar-refractivity contribution in [3.63, 3.8) is 0 Å². The summed E-state index contributed by atoms with van der Waals surface area (Å²) in [4.78, 5) is 27.4. The molecule has 0 saturated carbocycles. The topological polar surface area (TPSA) is 77.5 Å². The van der Waals surface area contributed by atoms with Crippen molar-refractivity contribution in [2.75, 3.05) is 0 Å². The van der Waals surface area contributed by atoms with E-state index in [9.17, 15) is 14.9 Å². The molecule has 1 aromatic heterocycles. The Bertz CT molecular complexity index is 1070. The van der Waals surface area contributed by atoms with Gasteiger partial charge in [-0.25, -0.2) is 0 Å². The third-order valence-electron chi connectivity index (χ3n) is 3.55. The fourth-order valence-electron chi connectivity index (χ4n) is 2.38. The highest BCUT2D eigenvalue weighted by molar-refractivity contribution is 7.16. The number of non-ortho nitro benzene ring substituents is 1. The van der Waals surface area contributed by atoms with Crippen LogP contribution in [0.2, 0.25) is 10.0 Å². The molecular weight excluding hydrogens is 385 g/mol. The summed E-state index contributed by atoms with van der Waals surface area (Å²) < 4.78 is 2.77. The SMILES string of the molecule is CCn1c(=NC(=O)c2cc([N+](=O)[O-])ccc2Cl)sc2cc(Cl)ccc21. The van der Waals surface area contributed by atoms with Crippen LogP contribution in [0.1, 0.15) is 17.3 Å². The van der Waals surface area contributed by atoms with Gasteiger partial charge < -0.3 is 4.57 Å². The Morgan fingerprint density at radius 2 is 2.04 bits per heavy atom. The number of nitro groups is 1. The second-order valence-corrected chi connectivity index (χ2v) is 6.93. The fourth-order valence-corrected chi connectivity index (χ4v) is 3.94. The lowest BCUT2D eigenvalue weighted by molar-refractivity contribution is -0.384. The van der Waals surface area contributed by atoms with Crippen molar-refractivity contribution < 1.29 is 9.72 Å². The first-order valence-electron chi connectivity index (χ1n) is 7.22. The summed E-state index contributed by atoms with van der Waals surface area (Å²) >= 11 is 13.3. The van der Waals surface area contributed by atoms with Gasteiger partial charge in [0.1, 0.15) is 0 Å². The highest BCUT2D eigenvalue weighted by atomic mass is 35.5. The van der Waals surface area contributed by atoms with Gasteiger partial charge in [-0.15, -0.1) is 0 Å². The molecule has 0 bridgehead atoms. The first kappa shape index (κ1) is 17.6. The van der Waals surface area contributed by atoms with E-state index < -0.39 is 10.8 Å². The number of carbonyl (C=O) groups is 1. The monoisotopic (exact) mass is 395 g/mol. The van der Waals surface area contributed by atoms with Crippen molar-refractivity contribution in [2.45, 2.75) is 13.5 Å². The van der Waals surface area contributed by atoms with Gasteiger partial charge in [0.25, 0.3) is 11.6 Å². The van der Waals surface area contributed by atoms with Crippen molar-refractivity contribution in [3.05, 3.63) is 66.9 Å². The van der Waals surface area contributed by atoms with Crippen LogP contribution in [0.4, 0.5) is 5.69 Å². The summed E-state index contributed by atoms with van der Waals surface area (Å²) in [6.45, 7) is 2.54. The molecule has 0 radical (unpaired) electrons. The molecule has 0 aliphatic rings. The number of benzene rings is 2. The Hall–Kier alpha value is -2.22. The van der Waals surface area contributed by atoms with Crippen LogP contribution >= 0.6 is 34.5 Å². The van der Waals surface area contributed by atoms with Gasteiger partial charge in [0, 0.05) is 23.7 Å². The Morgan fingerprint density at radius 3 is 2.72 bits per heavy atom. The average molecular weight is 396 g/mol. The van der Waals surface area contributed by atoms with E-state index in [1.165, 1.54) is 23.5 Å². The standard InChI is InChI=1S/C16H11Cl2N3O3S/c1-2-20-13-6-3-9(17)7-14(13)25-16(20)19-15(22)11-8-10(21(23)24)4-5-12(11)18/h3-8H,2H2,1H3. The lowest BCUT2D eigenvalue weighted by Crippen LogP contribution is -2.16. The number of nitrogens with zero attached hydrogens (tertiary/aromatic N) is 3. The third-order valence-corrected chi connectivity index (χ3v) is 5.16. The molecule has 0 unspecified atom stereocenters. The van der Waals surface area contributed by atoms with E-state index in [0.717, 1.165) is 16.3 Å². The molecule has 3 aromatic rings. The lowest BCUT2D eigenvalue weighted by Gasteiger charge is -2.01. The molecule has 6 nitrogen and oxygen atoms in total. The molecule has 0 spiro atoms. The zero-order valence-electron chi connectivity index (χ0n) is 12.9. The predicted octanol–water partition coefficient (Wildman–Crippen LogP) is 4.68. The summed E-state index contributed by atoms with van der Waals surface area (Å²) in [5.41, 5.74) is 0.692. The van der Waals surface area contributed by atoms with E-state index in [0.29, 0.717) is 16.4 Å². The number of rotatable bonds is 3. The number of hydrogen-bond acceptors (Lipinski definition) is 4. The first-order chi connectivity index (χ1) is 11.9. The molecule has 2 aromatic carbocycles. The molecule has 1 heterocycles. The van der Waals surface area contributed by atoms with Gasteiger partial charge in [-0.3, -0.25) is 14.9 Å². The second-order valence-electron chi connectivity index (χ2n) is 5.08. The van der Waals surface area contributed by atoms with Gasteiger partial charge in [-0.1, -0.05) is 34.5 Å².